The molecule has 0 atom stereocenters. The van der Waals surface area contributed by atoms with E-state index in [1.54, 1.807) is 36.4 Å². The van der Waals surface area contributed by atoms with Crippen molar-refractivity contribution in [3.05, 3.63) is 48.3 Å². The first-order valence-corrected chi connectivity index (χ1v) is 6.81. The molecule has 1 heterocycles. The van der Waals surface area contributed by atoms with Crippen molar-refractivity contribution in [1.29, 1.82) is 0 Å². The quantitative estimate of drug-likeness (QED) is 0.727. The summed E-state index contributed by atoms with van der Waals surface area (Å²) in [5, 5.41) is 2.65. The van der Waals surface area contributed by atoms with Gasteiger partial charge in [-0.05, 0) is 30.3 Å². The third-order valence-electron chi connectivity index (χ3n) is 3.02. The molecule has 6 heteroatoms. The summed E-state index contributed by atoms with van der Waals surface area (Å²) >= 11 is 5.45. The zero-order valence-corrected chi connectivity index (χ0v) is 11.6. The Bertz CT molecular complexity index is 816. The molecule has 0 spiro atoms. The summed E-state index contributed by atoms with van der Waals surface area (Å²) in [6.45, 7) is 0. The summed E-state index contributed by atoms with van der Waals surface area (Å²) in [5.41, 5.74) is 2.40. The van der Waals surface area contributed by atoms with E-state index in [4.69, 9.17) is 11.6 Å². The third kappa shape index (κ3) is 2.73. The van der Waals surface area contributed by atoms with Crippen molar-refractivity contribution in [2.75, 3.05) is 11.2 Å². The molecule has 0 unspecified atom stereocenters. The molecule has 0 aliphatic heterocycles. The summed E-state index contributed by atoms with van der Waals surface area (Å²) in [5.74, 6) is -0.295. The fourth-order valence-corrected chi connectivity index (χ4v) is 2.13. The minimum absolute atomic E-state index is 0.112. The van der Waals surface area contributed by atoms with E-state index in [1.165, 1.54) is 6.07 Å². The van der Waals surface area contributed by atoms with Gasteiger partial charge in [-0.2, -0.15) is 0 Å². The molecule has 3 rings (SSSR count). The number of benzene rings is 2. The minimum atomic E-state index is -0.341. The standard InChI is InChI=1S/C15H11ClFN3O/c16-8-14(21)18-9-5-6-12-13(7-9)20-15(19-12)10-3-1-2-4-11(10)17/h1-7H,8H2,(H,18,21)(H,19,20). The Kier molecular flexibility index (Phi) is 3.58. The van der Waals surface area contributed by atoms with Crippen LogP contribution >= 0.6 is 11.6 Å². The molecular formula is C15H11ClFN3O. The van der Waals surface area contributed by atoms with Gasteiger partial charge >= 0.3 is 0 Å². The number of aromatic amines is 1. The molecule has 0 aliphatic rings. The molecule has 21 heavy (non-hydrogen) atoms. The second-order valence-electron chi connectivity index (χ2n) is 4.48. The lowest BCUT2D eigenvalue weighted by Gasteiger charge is -2.01. The van der Waals surface area contributed by atoms with Gasteiger partial charge in [0.1, 0.15) is 17.5 Å². The molecule has 4 nitrogen and oxygen atoms in total. The van der Waals surface area contributed by atoms with E-state index in [0.29, 0.717) is 22.6 Å². The van der Waals surface area contributed by atoms with Crippen molar-refractivity contribution >= 4 is 34.2 Å². The predicted molar refractivity (Wildman–Crippen MR) is 80.8 cm³/mol. The van der Waals surface area contributed by atoms with Crippen molar-refractivity contribution in [3.8, 4) is 11.4 Å². The van der Waals surface area contributed by atoms with Crippen LogP contribution in [-0.4, -0.2) is 21.8 Å². The number of halogens is 2. The van der Waals surface area contributed by atoms with Crippen LogP contribution < -0.4 is 5.32 Å². The second-order valence-corrected chi connectivity index (χ2v) is 4.75. The Morgan fingerprint density at radius 2 is 2.10 bits per heavy atom. The van der Waals surface area contributed by atoms with Gasteiger partial charge < -0.3 is 10.3 Å². The van der Waals surface area contributed by atoms with Gasteiger partial charge in [-0.25, -0.2) is 9.37 Å². The molecule has 2 aromatic carbocycles. The molecule has 0 fully saturated rings. The maximum Gasteiger partial charge on any atom is 0.239 e. The molecule has 1 amide bonds. The molecule has 0 saturated carbocycles. The first-order chi connectivity index (χ1) is 10.2. The Morgan fingerprint density at radius 3 is 2.86 bits per heavy atom. The first-order valence-electron chi connectivity index (χ1n) is 6.28. The van der Waals surface area contributed by atoms with Gasteiger partial charge in [-0.1, -0.05) is 12.1 Å². The number of amides is 1. The fourth-order valence-electron chi connectivity index (χ4n) is 2.06. The lowest BCUT2D eigenvalue weighted by Crippen LogP contribution is -2.12. The van der Waals surface area contributed by atoms with Crippen LogP contribution in [0.25, 0.3) is 22.4 Å². The van der Waals surface area contributed by atoms with E-state index in [2.05, 4.69) is 15.3 Å². The predicted octanol–water partition coefficient (Wildman–Crippen LogP) is 3.55. The van der Waals surface area contributed by atoms with Crippen molar-refractivity contribution in [1.82, 2.24) is 9.97 Å². The highest BCUT2D eigenvalue weighted by molar-refractivity contribution is 6.29. The van der Waals surface area contributed by atoms with Crippen molar-refractivity contribution in [3.63, 3.8) is 0 Å². The number of hydrogen-bond acceptors (Lipinski definition) is 2. The highest BCUT2D eigenvalue weighted by Crippen LogP contribution is 2.24. The van der Waals surface area contributed by atoms with E-state index in [0.717, 1.165) is 5.52 Å². The highest BCUT2D eigenvalue weighted by Gasteiger charge is 2.10. The van der Waals surface area contributed by atoms with E-state index in [9.17, 15) is 9.18 Å². The Morgan fingerprint density at radius 1 is 1.29 bits per heavy atom. The number of alkyl halides is 1. The van der Waals surface area contributed by atoms with Gasteiger partial charge in [0.2, 0.25) is 5.91 Å². The van der Waals surface area contributed by atoms with Crippen LogP contribution in [0.5, 0.6) is 0 Å². The summed E-state index contributed by atoms with van der Waals surface area (Å²) in [7, 11) is 0. The number of aromatic nitrogens is 2. The number of anilines is 1. The number of H-pyrrole nitrogens is 1. The number of nitrogens with one attached hydrogen (secondary N) is 2. The Labute approximate surface area is 125 Å². The number of carbonyl (C=O) groups is 1. The van der Waals surface area contributed by atoms with E-state index in [-0.39, 0.29) is 17.6 Å². The van der Waals surface area contributed by atoms with E-state index in [1.807, 2.05) is 0 Å². The van der Waals surface area contributed by atoms with Crippen LogP contribution in [0.3, 0.4) is 0 Å². The van der Waals surface area contributed by atoms with Gasteiger partial charge in [0.25, 0.3) is 0 Å². The van der Waals surface area contributed by atoms with Crippen LogP contribution in [-0.2, 0) is 4.79 Å². The van der Waals surface area contributed by atoms with Crippen LogP contribution in [0.4, 0.5) is 10.1 Å². The number of hydrogen-bond donors (Lipinski definition) is 2. The molecule has 0 aliphatic carbocycles. The monoisotopic (exact) mass is 303 g/mol. The lowest BCUT2D eigenvalue weighted by atomic mass is 10.2. The average Bonchev–Trinajstić information content (AvgIpc) is 2.90. The third-order valence-corrected chi connectivity index (χ3v) is 3.26. The molecule has 3 aromatic rings. The van der Waals surface area contributed by atoms with Crippen LogP contribution in [0.1, 0.15) is 0 Å². The molecule has 0 radical (unpaired) electrons. The van der Waals surface area contributed by atoms with E-state index >= 15 is 0 Å². The number of carbonyl (C=O) groups excluding carboxylic acids is 1. The van der Waals surface area contributed by atoms with Gasteiger partial charge in [0, 0.05) is 5.69 Å². The molecule has 0 bridgehead atoms. The summed E-state index contributed by atoms with van der Waals surface area (Å²) in [6.07, 6.45) is 0. The molecular weight excluding hydrogens is 293 g/mol. The number of fused-ring (bicyclic) bond motifs is 1. The van der Waals surface area contributed by atoms with Gasteiger partial charge in [-0.3, -0.25) is 4.79 Å². The average molecular weight is 304 g/mol. The number of imidazole rings is 1. The van der Waals surface area contributed by atoms with Crippen LogP contribution in [0, 0.1) is 5.82 Å². The van der Waals surface area contributed by atoms with Gasteiger partial charge in [-0.15, -0.1) is 11.6 Å². The molecule has 0 saturated heterocycles. The van der Waals surface area contributed by atoms with Crippen molar-refractivity contribution < 1.29 is 9.18 Å². The zero-order valence-electron chi connectivity index (χ0n) is 10.9. The SMILES string of the molecule is O=C(CCl)Nc1ccc2[nH]c(-c3ccccc3F)nc2c1. The van der Waals surface area contributed by atoms with Crippen molar-refractivity contribution in [2.24, 2.45) is 0 Å². The minimum Gasteiger partial charge on any atom is -0.338 e. The largest absolute Gasteiger partial charge is 0.338 e. The molecule has 1 aromatic heterocycles. The van der Waals surface area contributed by atoms with Gasteiger partial charge in [0.05, 0.1) is 16.6 Å². The van der Waals surface area contributed by atoms with Crippen LogP contribution in [0.15, 0.2) is 42.5 Å². The summed E-state index contributed by atoms with van der Waals surface area (Å²) in [6, 6.07) is 11.6. The number of nitrogens with zero attached hydrogens (tertiary/aromatic N) is 1. The maximum absolute atomic E-state index is 13.8. The van der Waals surface area contributed by atoms with Crippen LogP contribution in [0.2, 0.25) is 0 Å². The highest BCUT2D eigenvalue weighted by atomic mass is 35.5. The Balaban J connectivity index is 2.01. The fraction of sp³-hybridized carbons (Fsp3) is 0.0667. The number of rotatable bonds is 3. The summed E-state index contributed by atoms with van der Waals surface area (Å²) < 4.78 is 13.8. The normalized spacial score (nSPS) is 10.8. The molecule has 2 N–H and O–H groups in total. The summed E-state index contributed by atoms with van der Waals surface area (Å²) in [4.78, 5) is 18.7. The zero-order chi connectivity index (χ0) is 14.8. The Hall–Kier alpha value is -2.40. The second kappa shape index (κ2) is 5.54. The smallest absolute Gasteiger partial charge is 0.239 e. The molecule has 106 valence electrons. The maximum atomic E-state index is 13.8. The first kappa shape index (κ1) is 13.6. The topological polar surface area (TPSA) is 57.8 Å². The van der Waals surface area contributed by atoms with Crippen molar-refractivity contribution in [2.45, 2.75) is 0 Å². The van der Waals surface area contributed by atoms with Gasteiger partial charge in [0.15, 0.2) is 0 Å². The lowest BCUT2D eigenvalue weighted by molar-refractivity contribution is -0.113. The van der Waals surface area contributed by atoms with E-state index < -0.39 is 0 Å².